The summed E-state index contributed by atoms with van der Waals surface area (Å²) in [5, 5.41) is 14.4. The maximum Gasteiger partial charge on any atom is 0.250 e. The third kappa shape index (κ3) is 4.72. The van der Waals surface area contributed by atoms with Crippen LogP contribution in [-0.4, -0.2) is 78.4 Å². The van der Waals surface area contributed by atoms with E-state index in [4.69, 9.17) is 9.47 Å². The van der Waals surface area contributed by atoms with Gasteiger partial charge in [-0.1, -0.05) is 12.1 Å². The number of anilines is 3. The topological polar surface area (TPSA) is 108 Å². The molecular weight excluding hydrogens is 374 g/mol. The first-order valence-corrected chi connectivity index (χ1v) is 9.71. The molecule has 0 saturated carbocycles. The summed E-state index contributed by atoms with van der Waals surface area (Å²) in [5.41, 5.74) is 4.21. The Balaban J connectivity index is 1.60. The van der Waals surface area contributed by atoms with E-state index in [9.17, 15) is 5.11 Å². The summed E-state index contributed by atoms with van der Waals surface area (Å²) in [5.74, 6) is 1.73. The van der Waals surface area contributed by atoms with Crippen molar-refractivity contribution in [2.24, 2.45) is 5.10 Å². The first-order chi connectivity index (χ1) is 14.2. The van der Waals surface area contributed by atoms with Gasteiger partial charge in [0.05, 0.1) is 32.1 Å². The molecule has 29 heavy (non-hydrogen) atoms. The van der Waals surface area contributed by atoms with E-state index in [0.29, 0.717) is 55.5 Å². The van der Waals surface area contributed by atoms with Gasteiger partial charge in [0.2, 0.25) is 17.8 Å². The van der Waals surface area contributed by atoms with Crippen molar-refractivity contribution in [2.45, 2.75) is 6.92 Å². The Labute approximate surface area is 169 Å². The zero-order valence-electron chi connectivity index (χ0n) is 16.4. The molecule has 0 unspecified atom stereocenters. The van der Waals surface area contributed by atoms with Gasteiger partial charge in [0.1, 0.15) is 5.75 Å². The van der Waals surface area contributed by atoms with E-state index >= 15 is 0 Å². The van der Waals surface area contributed by atoms with Crippen molar-refractivity contribution in [1.82, 2.24) is 15.0 Å². The molecule has 0 aliphatic carbocycles. The van der Waals surface area contributed by atoms with Crippen LogP contribution in [0, 0.1) is 0 Å². The van der Waals surface area contributed by atoms with E-state index < -0.39 is 0 Å². The number of aromatic nitrogens is 3. The molecule has 1 aromatic carbocycles. The summed E-state index contributed by atoms with van der Waals surface area (Å²) in [7, 11) is 0. The van der Waals surface area contributed by atoms with Gasteiger partial charge in [-0.3, -0.25) is 0 Å². The SMILES string of the molecule is CC(=NNc1nc(N2CCOCC2)nc(N2CCOCC2)n1)c1ccccc1O. The minimum Gasteiger partial charge on any atom is -0.507 e. The number of nitrogens with zero attached hydrogens (tertiary/aromatic N) is 6. The lowest BCUT2D eigenvalue weighted by Crippen LogP contribution is -2.40. The Hall–Kier alpha value is -2.98. The van der Waals surface area contributed by atoms with E-state index in [1.54, 1.807) is 12.1 Å². The van der Waals surface area contributed by atoms with Gasteiger partial charge in [-0.2, -0.15) is 20.1 Å². The number of phenolic OH excluding ortho intramolecular Hbond substituents is 1. The van der Waals surface area contributed by atoms with Crippen LogP contribution in [0.1, 0.15) is 12.5 Å². The van der Waals surface area contributed by atoms with Gasteiger partial charge in [0, 0.05) is 31.7 Å². The standard InChI is InChI=1S/C19H25N7O3/c1-14(15-4-2-3-5-16(15)27)23-24-17-20-18(25-6-10-28-11-7-25)22-19(21-17)26-8-12-29-13-9-26/h2-5,27H,6-13H2,1H3,(H,20,21,22,24). The van der Waals surface area contributed by atoms with Gasteiger partial charge in [-0.25, -0.2) is 5.43 Å². The highest BCUT2D eigenvalue weighted by atomic mass is 16.5. The second-order valence-corrected chi connectivity index (χ2v) is 6.78. The number of nitrogens with one attached hydrogen (secondary N) is 1. The molecule has 10 heteroatoms. The zero-order chi connectivity index (χ0) is 20.1. The zero-order valence-corrected chi connectivity index (χ0v) is 16.4. The van der Waals surface area contributed by atoms with Crippen LogP contribution in [0.4, 0.5) is 17.8 Å². The summed E-state index contributed by atoms with van der Waals surface area (Å²) >= 11 is 0. The highest BCUT2D eigenvalue weighted by molar-refractivity contribution is 6.01. The van der Waals surface area contributed by atoms with Crippen molar-refractivity contribution in [3.63, 3.8) is 0 Å². The maximum atomic E-state index is 10.0. The molecule has 0 bridgehead atoms. The lowest BCUT2D eigenvalue weighted by molar-refractivity contribution is 0.121. The molecule has 1 aromatic heterocycles. The number of benzene rings is 1. The Morgan fingerprint density at radius 2 is 1.48 bits per heavy atom. The van der Waals surface area contributed by atoms with Crippen molar-refractivity contribution < 1.29 is 14.6 Å². The Bertz CT molecular complexity index is 828. The molecule has 2 N–H and O–H groups in total. The number of hydrazone groups is 1. The molecule has 2 aromatic rings. The molecule has 0 spiro atoms. The van der Waals surface area contributed by atoms with E-state index in [1.807, 2.05) is 19.1 Å². The molecule has 0 amide bonds. The Morgan fingerprint density at radius 3 is 2.03 bits per heavy atom. The van der Waals surface area contributed by atoms with E-state index in [-0.39, 0.29) is 5.75 Å². The van der Waals surface area contributed by atoms with Gasteiger partial charge in [0.25, 0.3) is 0 Å². The lowest BCUT2D eigenvalue weighted by atomic mass is 10.1. The summed E-state index contributed by atoms with van der Waals surface area (Å²) in [6.45, 7) is 7.31. The number of ether oxygens (including phenoxy) is 2. The van der Waals surface area contributed by atoms with Crippen LogP contribution in [0.5, 0.6) is 5.75 Å². The van der Waals surface area contributed by atoms with Crippen LogP contribution in [0.2, 0.25) is 0 Å². The average molecular weight is 399 g/mol. The molecule has 4 rings (SSSR count). The number of morpholine rings is 2. The highest BCUT2D eigenvalue weighted by Gasteiger charge is 2.20. The van der Waals surface area contributed by atoms with Crippen molar-refractivity contribution >= 4 is 23.6 Å². The summed E-state index contributed by atoms with van der Waals surface area (Å²) in [6, 6.07) is 7.06. The lowest BCUT2D eigenvalue weighted by Gasteiger charge is -2.30. The van der Waals surface area contributed by atoms with E-state index in [1.165, 1.54) is 0 Å². The molecule has 154 valence electrons. The van der Waals surface area contributed by atoms with Gasteiger partial charge < -0.3 is 24.4 Å². The number of aromatic hydroxyl groups is 1. The van der Waals surface area contributed by atoms with Crippen LogP contribution < -0.4 is 15.2 Å². The summed E-state index contributed by atoms with van der Waals surface area (Å²) in [6.07, 6.45) is 0. The van der Waals surface area contributed by atoms with Gasteiger partial charge in [0.15, 0.2) is 0 Å². The number of hydrogen-bond acceptors (Lipinski definition) is 10. The van der Waals surface area contributed by atoms with Crippen LogP contribution >= 0.6 is 0 Å². The first kappa shape index (κ1) is 19.3. The fourth-order valence-electron chi connectivity index (χ4n) is 3.19. The van der Waals surface area contributed by atoms with Crippen molar-refractivity contribution in [3.05, 3.63) is 29.8 Å². The van der Waals surface area contributed by atoms with Gasteiger partial charge in [-0.15, -0.1) is 0 Å². The van der Waals surface area contributed by atoms with Crippen molar-refractivity contribution in [3.8, 4) is 5.75 Å². The van der Waals surface area contributed by atoms with Gasteiger partial charge in [-0.05, 0) is 19.1 Å². The molecule has 2 saturated heterocycles. The fraction of sp³-hybridized carbons (Fsp3) is 0.474. The molecular formula is C19H25N7O3. The number of phenols is 1. The molecule has 3 heterocycles. The van der Waals surface area contributed by atoms with Gasteiger partial charge >= 0.3 is 0 Å². The molecule has 10 nitrogen and oxygen atoms in total. The van der Waals surface area contributed by atoms with E-state index in [2.05, 4.69) is 35.3 Å². The first-order valence-electron chi connectivity index (χ1n) is 9.71. The smallest absolute Gasteiger partial charge is 0.250 e. The number of para-hydroxylation sites is 1. The predicted octanol–water partition coefficient (Wildman–Crippen LogP) is 1.09. The Morgan fingerprint density at radius 1 is 0.931 bits per heavy atom. The minimum atomic E-state index is 0.175. The highest BCUT2D eigenvalue weighted by Crippen LogP contribution is 2.20. The molecule has 0 radical (unpaired) electrons. The average Bonchev–Trinajstić information content (AvgIpc) is 2.79. The minimum absolute atomic E-state index is 0.175. The summed E-state index contributed by atoms with van der Waals surface area (Å²) < 4.78 is 10.9. The second-order valence-electron chi connectivity index (χ2n) is 6.78. The maximum absolute atomic E-state index is 10.0. The number of hydrogen-bond donors (Lipinski definition) is 2. The predicted molar refractivity (Wildman–Crippen MR) is 110 cm³/mol. The van der Waals surface area contributed by atoms with Crippen molar-refractivity contribution in [2.75, 3.05) is 67.8 Å². The Kier molecular flexibility index (Phi) is 6.01. The quantitative estimate of drug-likeness (QED) is 0.564. The fourth-order valence-corrected chi connectivity index (χ4v) is 3.19. The third-order valence-electron chi connectivity index (χ3n) is 4.82. The molecule has 0 atom stereocenters. The van der Waals surface area contributed by atoms with Crippen LogP contribution in [0.3, 0.4) is 0 Å². The van der Waals surface area contributed by atoms with E-state index in [0.717, 1.165) is 26.2 Å². The monoisotopic (exact) mass is 399 g/mol. The second kappa shape index (κ2) is 9.01. The normalized spacial score (nSPS) is 18.0. The van der Waals surface area contributed by atoms with Crippen LogP contribution in [-0.2, 0) is 9.47 Å². The molecule has 2 aliphatic rings. The third-order valence-corrected chi connectivity index (χ3v) is 4.82. The largest absolute Gasteiger partial charge is 0.507 e. The van der Waals surface area contributed by atoms with Crippen LogP contribution in [0.25, 0.3) is 0 Å². The summed E-state index contributed by atoms with van der Waals surface area (Å²) in [4.78, 5) is 17.9. The molecule has 2 fully saturated rings. The van der Waals surface area contributed by atoms with Crippen molar-refractivity contribution in [1.29, 1.82) is 0 Å². The van der Waals surface area contributed by atoms with Crippen LogP contribution in [0.15, 0.2) is 29.4 Å². The number of rotatable bonds is 5. The molecule has 2 aliphatic heterocycles.